The van der Waals surface area contributed by atoms with Crippen molar-refractivity contribution in [3.8, 4) is 0 Å². The third-order valence-corrected chi connectivity index (χ3v) is 2.99. The van der Waals surface area contributed by atoms with E-state index >= 15 is 0 Å². The summed E-state index contributed by atoms with van der Waals surface area (Å²) in [5.74, 6) is 5.84. The number of nitrogens with zero attached hydrogens (tertiary/aromatic N) is 3. The van der Waals surface area contributed by atoms with Crippen LogP contribution in [0, 0.1) is 6.92 Å². The molecule has 0 unspecified atom stereocenters. The predicted molar refractivity (Wildman–Crippen MR) is 77.7 cm³/mol. The number of benzene rings is 1. The van der Waals surface area contributed by atoms with E-state index < -0.39 is 0 Å². The van der Waals surface area contributed by atoms with Gasteiger partial charge in [-0.2, -0.15) is 0 Å². The molecule has 0 bridgehead atoms. The molecule has 0 spiro atoms. The minimum atomic E-state index is 0.571. The van der Waals surface area contributed by atoms with Gasteiger partial charge in [-0.3, -0.25) is 4.98 Å². The number of nitrogens with two attached hydrogens (primary N) is 1. The van der Waals surface area contributed by atoms with Crippen molar-refractivity contribution >= 4 is 11.5 Å². The maximum atomic E-state index is 5.27. The molecule has 19 heavy (non-hydrogen) atoms. The van der Waals surface area contributed by atoms with Gasteiger partial charge in [0, 0.05) is 12.2 Å². The second-order valence-corrected chi connectivity index (χ2v) is 4.39. The van der Waals surface area contributed by atoms with Gasteiger partial charge >= 0.3 is 0 Å². The van der Waals surface area contributed by atoms with E-state index in [1.807, 2.05) is 0 Å². The summed E-state index contributed by atoms with van der Waals surface area (Å²) in [4.78, 5) is 10.7. The molecule has 0 aliphatic rings. The number of nitrogens with one attached hydrogen (secondary N) is 1. The lowest BCUT2D eigenvalue weighted by Crippen LogP contribution is -2.22. The smallest absolute Gasteiger partial charge is 0.158 e. The van der Waals surface area contributed by atoms with Crippen molar-refractivity contribution in [3.05, 3.63) is 47.9 Å². The van der Waals surface area contributed by atoms with Gasteiger partial charge in [-0.1, -0.05) is 17.7 Å². The fraction of sp³-hybridized carbons (Fsp3) is 0.286. The van der Waals surface area contributed by atoms with Gasteiger partial charge in [-0.05, 0) is 26.0 Å². The van der Waals surface area contributed by atoms with Crippen molar-refractivity contribution in [2.24, 2.45) is 5.84 Å². The van der Waals surface area contributed by atoms with E-state index in [0.29, 0.717) is 5.82 Å². The van der Waals surface area contributed by atoms with Gasteiger partial charge in [0.2, 0.25) is 0 Å². The van der Waals surface area contributed by atoms with Crippen molar-refractivity contribution in [3.63, 3.8) is 0 Å². The first kappa shape index (κ1) is 13.3. The minimum Gasteiger partial charge on any atom is -0.366 e. The van der Waals surface area contributed by atoms with Crippen molar-refractivity contribution in [1.29, 1.82) is 0 Å². The standard InChI is InChI=1S/C14H19N5/c1-3-19(13-6-4-11(2)5-7-13)10-12-8-17-14(18-15)9-16-12/h4-9H,3,10,15H2,1-2H3,(H,17,18). The van der Waals surface area contributed by atoms with Gasteiger partial charge in [0.25, 0.3) is 0 Å². The van der Waals surface area contributed by atoms with Crippen LogP contribution in [0.5, 0.6) is 0 Å². The van der Waals surface area contributed by atoms with Crippen LogP contribution in [0.4, 0.5) is 11.5 Å². The highest BCUT2D eigenvalue weighted by molar-refractivity contribution is 5.47. The molecule has 0 aliphatic carbocycles. The zero-order valence-corrected chi connectivity index (χ0v) is 11.3. The van der Waals surface area contributed by atoms with Crippen molar-refractivity contribution in [2.45, 2.75) is 20.4 Å². The summed E-state index contributed by atoms with van der Waals surface area (Å²) >= 11 is 0. The van der Waals surface area contributed by atoms with Gasteiger partial charge < -0.3 is 10.3 Å². The largest absolute Gasteiger partial charge is 0.366 e. The van der Waals surface area contributed by atoms with Gasteiger partial charge in [-0.25, -0.2) is 10.8 Å². The molecule has 0 radical (unpaired) electrons. The average molecular weight is 257 g/mol. The van der Waals surface area contributed by atoms with E-state index in [2.05, 4.69) is 58.4 Å². The second-order valence-electron chi connectivity index (χ2n) is 4.39. The lowest BCUT2D eigenvalue weighted by molar-refractivity contribution is 0.803. The summed E-state index contributed by atoms with van der Waals surface area (Å²) < 4.78 is 0. The minimum absolute atomic E-state index is 0.571. The lowest BCUT2D eigenvalue weighted by Gasteiger charge is -2.22. The molecular weight excluding hydrogens is 238 g/mol. The summed E-state index contributed by atoms with van der Waals surface area (Å²) in [5, 5.41) is 0. The van der Waals surface area contributed by atoms with E-state index in [1.165, 1.54) is 11.3 Å². The van der Waals surface area contributed by atoms with Crippen LogP contribution in [0.2, 0.25) is 0 Å². The molecule has 0 amide bonds. The van der Waals surface area contributed by atoms with Crippen LogP contribution in [0.1, 0.15) is 18.2 Å². The maximum absolute atomic E-state index is 5.27. The summed E-state index contributed by atoms with van der Waals surface area (Å²) in [7, 11) is 0. The Labute approximate surface area is 113 Å². The number of hydrazine groups is 1. The molecule has 100 valence electrons. The van der Waals surface area contributed by atoms with Crippen LogP contribution < -0.4 is 16.2 Å². The molecule has 3 N–H and O–H groups in total. The van der Waals surface area contributed by atoms with Gasteiger partial charge in [0.05, 0.1) is 24.6 Å². The molecule has 0 saturated carbocycles. The predicted octanol–water partition coefficient (Wildman–Crippen LogP) is 2.10. The van der Waals surface area contributed by atoms with Crippen LogP contribution in [0.15, 0.2) is 36.7 Å². The molecule has 1 aromatic carbocycles. The second kappa shape index (κ2) is 6.15. The monoisotopic (exact) mass is 257 g/mol. The molecule has 2 aromatic rings. The normalized spacial score (nSPS) is 10.3. The van der Waals surface area contributed by atoms with E-state index in [4.69, 9.17) is 5.84 Å². The van der Waals surface area contributed by atoms with Crippen LogP contribution in [0.25, 0.3) is 0 Å². The molecule has 5 heteroatoms. The number of nitrogen functional groups attached to an aromatic ring is 1. The zero-order valence-electron chi connectivity index (χ0n) is 11.3. The van der Waals surface area contributed by atoms with E-state index in [9.17, 15) is 0 Å². The Morgan fingerprint density at radius 2 is 1.89 bits per heavy atom. The quantitative estimate of drug-likeness (QED) is 0.634. The highest BCUT2D eigenvalue weighted by Gasteiger charge is 2.06. The average Bonchev–Trinajstić information content (AvgIpc) is 2.46. The topological polar surface area (TPSA) is 67.1 Å². The molecule has 1 heterocycles. The van der Waals surface area contributed by atoms with Crippen LogP contribution >= 0.6 is 0 Å². The molecule has 2 rings (SSSR count). The Balaban J connectivity index is 2.11. The van der Waals surface area contributed by atoms with Crippen LogP contribution in [0.3, 0.4) is 0 Å². The molecule has 0 atom stereocenters. The molecule has 1 aromatic heterocycles. The molecule has 0 fully saturated rings. The van der Waals surface area contributed by atoms with Gasteiger partial charge in [0.15, 0.2) is 5.82 Å². The highest BCUT2D eigenvalue weighted by Crippen LogP contribution is 2.17. The molecule has 0 saturated heterocycles. The van der Waals surface area contributed by atoms with E-state index in [1.54, 1.807) is 12.4 Å². The van der Waals surface area contributed by atoms with E-state index in [0.717, 1.165) is 18.8 Å². The molecule has 0 aliphatic heterocycles. The van der Waals surface area contributed by atoms with Crippen molar-refractivity contribution in [2.75, 3.05) is 16.9 Å². The number of aryl methyl sites for hydroxylation is 1. The van der Waals surface area contributed by atoms with E-state index in [-0.39, 0.29) is 0 Å². The number of anilines is 2. The highest BCUT2D eigenvalue weighted by atomic mass is 15.3. The van der Waals surface area contributed by atoms with Crippen LogP contribution in [-0.4, -0.2) is 16.5 Å². The van der Waals surface area contributed by atoms with Crippen molar-refractivity contribution in [1.82, 2.24) is 9.97 Å². The first-order chi connectivity index (χ1) is 9.22. The van der Waals surface area contributed by atoms with Gasteiger partial charge in [0.1, 0.15) is 0 Å². The Kier molecular flexibility index (Phi) is 4.30. The van der Waals surface area contributed by atoms with Crippen LogP contribution in [-0.2, 0) is 6.54 Å². The first-order valence-electron chi connectivity index (χ1n) is 6.32. The number of aromatic nitrogens is 2. The summed E-state index contributed by atoms with van der Waals surface area (Å²) in [6, 6.07) is 8.49. The van der Waals surface area contributed by atoms with Gasteiger partial charge in [-0.15, -0.1) is 0 Å². The Morgan fingerprint density at radius 1 is 1.16 bits per heavy atom. The Morgan fingerprint density at radius 3 is 2.42 bits per heavy atom. The number of hydrogen-bond acceptors (Lipinski definition) is 5. The molecule has 5 nitrogen and oxygen atoms in total. The Hall–Kier alpha value is -2.14. The zero-order chi connectivity index (χ0) is 13.7. The summed E-state index contributed by atoms with van der Waals surface area (Å²) in [5.41, 5.74) is 5.84. The maximum Gasteiger partial charge on any atom is 0.158 e. The SMILES string of the molecule is CCN(Cc1cnc(NN)cn1)c1ccc(C)cc1. The van der Waals surface area contributed by atoms with Crippen molar-refractivity contribution < 1.29 is 0 Å². The number of hydrogen-bond donors (Lipinski definition) is 2. The lowest BCUT2D eigenvalue weighted by atomic mass is 10.2. The third kappa shape index (κ3) is 3.42. The fourth-order valence-corrected chi connectivity index (χ4v) is 1.85. The number of rotatable bonds is 5. The summed E-state index contributed by atoms with van der Waals surface area (Å²) in [6.45, 7) is 5.87. The third-order valence-electron chi connectivity index (χ3n) is 2.99. The molecular formula is C14H19N5. The summed E-state index contributed by atoms with van der Waals surface area (Å²) in [6.07, 6.45) is 3.38. The Bertz CT molecular complexity index is 506. The fourth-order valence-electron chi connectivity index (χ4n) is 1.85. The first-order valence-corrected chi connectivity index (χ1v) is 6.32.